The standard InChI is InChI=1S/C25H38O12/c1-13-8-15(26)9-23(3,4)25(13,34)7-6-14(2)36-22-21(32)20(31)19(30)16(37-22)12-35-18(29)11-24(5,33)10-17(27)28/h6-8,14,16,19-22,30-34H,9-12H2,1-5H3,(H,27,28)/b7-6+/t14?,16-,19-,20+,21-,22-,24?,25?/m1/s1. The van der Waals surface area contributed by atoms with Gasteiger partial charge in [0.25, 0.3) is 0 Å². The Morgan fingerprint density at radius 2 is 1.84 bits per heavy atom. The van der Waals surface area contributed by atoms with Crippen LogP contribution in [0.15, 0.2) is 23.8 Å². The number of rotatable bonds is 10. The van der Waals surface area contributed by atoms with Crippen LogP contribution in [0.1, 0.15) is 53.9 Å². The molecule has 1 aliphatic heterocycles. The summed E-state index contributed by atoms with van der Waals surface area (Å²) < 4.78 is 16.2. The molecule has 6 N–H and O–H groups in total. The van der Waals surface area contributed by atoms with E-state index in [0.29, 0.717) is 5.57 Å². The fourth-order valence-corrected chi connectivity index (χ4v) is 4.49. The van der Waals surface area contributed by atoms with Gasteiger partial charge in [-0.2, -0.15) is 0 Å². The van der Waals surface area contributed by atoms with E-state index in [0.717, 1.165) is 6.92 Å². The Morgan fingerprint density at radius 1 is 1.22 bits per heavy atom. The number of carboxylic acids is 1. The summed E-state index contributed by atoms with van der Waals surface area (Å²) in [6.07, 6.45) is -5.27. The number of carboxylic acid groups (broad SMARTS) is 1. The first-order valence-corrected chi connectivity index (χ1v) is 12.0. The minimum Gasteiger partial charge on any atom is -0.481 e. The third-order valence-electron chi connectivity index (χ3n) is 6.72. The first kappa shape index (κ1) is 31.0. The fourth-order valence-electron chi connectivity index (χ4n) is 4.49. The van der Waals surface area contributed by atoms with Crippen LogP contribution < -0.4 is 0 Å². The molecule has 0 aromatic heterocycles. The average Bonchev–Trinajstić information content (AvgIpc) is 2.74. The molecule has 0 amide bonds. The zero-order valence-electron chi connectivity index (χ0n) is 21.7. The van der Waals surface area contributed by atoms with Crippen LogP contribution in [0.25, 0.3) is 0 Å². The van der Waals surface area contributed by atoms with E-state index in [2.05, 4.69) is 0 Å². The number of esters is 1. The third kappa shape index (κ3) is 7.66. The molecular weight excluding hydrogens is 492 g/mol. The molecule has 8 atom stereocenters. The summed E-state index contributed by atoms with van der Waals surface area (Å²) in [5, 5.41) is 60.9. The number of carbonyl (C=O) groups excluding carboxylic acids is 2. The maximum absolute atomic E-state index is 12.0. The van der Waals surface area contributed by atoms with Gasteiger partial charge in [0.2, 0.25) is 0 Å². The van der Waals surface area contributed by atoms with Crippen molar-refractivity contribution in [3.63, 3.8) is 0 Å². The summed E-state index contributed by atoms with van der Waals surface area (Å²) in [7, 11) is 0. The minimum absolute atomic E-state index is 0.0895. The van der Waals surface area contributed by atoms with Gasteiger partial charge in [-0.1, -0.05) is 19.9 Å². The molecular formula is C25H38O12. The average molecular weight is 531 g/mol. The topological polar surface area (TPSA) is 200 Å². The van der Waals surface area contributed by atoms with Crippen LogP contribution in [0.3, 0.4) is 0 Å². The molecule has 2 aliphatic rings. The van der Waals surface area contributed by atoms with Crippen molar-refractivity contribution in [1.82, 2.24) is 0 Å². The monoisotopic (exact) mass is 530 g/mol. The largest absolute Gasteiger partial charge is 0.481 e. The Kier molecular flexibility index (Phi) is 9.80. The van der Waals surface area contributed by atoms with Crippen LogP contribution in [0, 0.1) is 5.41 Å². The van der Waals surface area contributed by atoms with Gasteiger partial charge in [0.15, 0.2) is 12.1 Å². The number of ether oxygens (including phenoxy) is 3. The van der Waals surface area contributed by atoms with Crippen LogP contribution >= 0.6 is 0 Å². The SMILES string of the molecule is CC1=CC(=O)CC(C)(C)C1(O)/C=C/C(C)O[C@@H]1O[C@H](COC(=O)CC(C)(O)CC(=O)O)[C@@H](O)[C@H](O)[C@H]1O. The van der Waals surface area contributed by atoms with Gasteiger partial charge < -0.3 is 44.8 Å². The quantitative estimate of drug-likeness (QED) is 0.158. The molecule has 1 saturated heterocycles. The normalized spacial score (nSPS) is 34.5. The summed E-state index contributed by atoms with van der Waals surface area (Å²) in [5.74, 6) is -2.35. The van der Waals surface area contributed by atoms with Gasteiger partial charge in [-0.25, -0.2) is 0 Å². The van der Waals surface area contributed by atoms with Gasteiger partial charge >= 0.3 is 11.9 Å². The second kappa shape index (κ2) is 11.7. The second-order valence-corrected chi connectivity index (χ2v) is 10.8. The van der Waals surface area contributed by atoms with Gasteiger partial charge in [-0.05, 0) is 38.5 Å². The molecule has 210 valence electrons. The molecule has 37 heavy (non-hydrogen) atoms. The van der Waals surface area contributed by atoms with Crippen molar-refractivity contribution in [2.24, 2.45) is 5.41 Å². The number of aliphatic hydroxyl groups is 5. The van der Waals surface area contributed by atoms with E-state index in [9.17, 15) is 39.9 Å². The smallest absolute Gasteiger partial charge is 0.308 e. The van der Waals surface area contributed by atoms with Crippen LogP contribution in [-0.4, -0.2) is 103 Å². The van der Waals surface area contributed by atoms with Crippen molar-refractivity contribution >= 4 is 17.7 Å². The van der Waals surface area contributed by atoms with Gasteiger partial charge in [-0.3, -0.25) is 14.4 Å². The first-order valence-electron chi connectivity index (χ1n) is 12.0. The number of ketones is 1. The number of hydrogen-bond acceptors (Lipinski definition) is 11. The number of hydrogen-bond donors (Lipinski definition) is 6. The molecule has 1 heterocycles. The predicted octanol–water partition coefficient (Wildman–Crippen LogP) is -0.409. The summed E-state index contributed by atoms with van der Waals surface area (Å²) in [5.41, 5.74) is -3.60. The third-order valence-corrected chi connectivity index (χ3v) is 6.72. The van der Waals surface area contributed by atoms with E-state index in [1.165, 1.54) is 18.2 Å². The highest BCUT2D eigenvalue weighted by molar-refractivity contribution is 5.92. The van der Waals surface area contributed by atoms with Crippen molar-refractivity contribution in [2.75, 3.05) is 6.61 Å². The zero-order valence-corrected chi connectivity index (χ0v) is 21.7. The molecule has 1 fully saturated rings. The van der Waals surface area contributed by atoms with Crippen molar-refractivity contribution in [1.29, 1.82) is 0 Å². The van der Waals surface area contributed by atoms with Crippen molar-refractivity contribution in [2.45, 2.75) is 102 Å². The lowest BCUT2D eigenvalue weighted by Gasteiger charge is -2.44. The molecule has 0 saturated carbocycles. The van der Waals surface area contributed by atoms with E-state index in [4.69, 9.17) is 19.3 Å². The van der Waals surface area contributed by atoms with E-state index in [-0.39, 0.29) is 12.2 Å². The van der Waals surface area contributed by atoms with Crippen molar-refractivity contribution < 1.29 is 59.2 Å². The summed E-state index contributed by atoms with van der Waals surface area (Å²) in [6.45, 7) is 7.35. The molecule has 0 aromatic carbocycles. The molecule has 0 spiro atoms. The van der Waals surface area contributed by atoms with Crippen molar-refractivity contribution in [3.8, 4) is 0 Å². The molecule has 12 heteroatoms. The molecule has 0 bridgehead atoms. The van der Waals surface area contributed by atoms with Crippen LogP contribution in [-0.2, 0) is 28.6 Å². The lowest BCUT2D eigenvalue weighted by atomic mass is 9.64. The Hall–Kier alpha value is -2.19. The second-order valence-electron chi connectivity index (χ2n) is 10.8. The van der Waals surface area contributed by atoms with Crippen molar-refractivity contribution in [3.05, 3.63) is 23.8 Å². The fraction of sp³-hybridized carbons (Fsp3) is 0.720. The van der Waals surface area contributed by atoms with E-state index in [1.807, 2.05) is 0 Å². The number of allylic oxidation sites excluding steroid dienone is 1. The lowest BCUT2D eigenvalue weighted by molar-refractivity contribution is -0.307. The molecule has 12 nitrogen and oxygen atoms in total. The highest BCUT2D eigenvalue weighted by Crippen LogP contribution is 2.44. The Balaban J connectivity index is 2.04. The molecule has 0 aromatic rings. The van der Waals surface area contributed by atoms with E-state index in [1.54, 1.807) is 27.7 Å². The number of aliphatic hydroxyl groups excluding tert-OH is 3. The lowest BCUT2D eigenvalue weighted by Crippen LogP contribution is -2.59. The van der Waals surface area contributed by atoms with Gasteiger partial charge in [-0.15, -0.1) is 0 Å². The highest BCUT2D eigenvalue weighted by Gasteiger charge is 2.48. The Bertz CT molecular complexity index is 923. The van der Waals surface area contributed by atoms with Gasteiger partial charge in [0.05, 0.1) is 24.5 Å². The predicted molar refractivity (Wildman–Crippen MR) is 127 cm³/mol. The summed E-state index contributed by atoms with van der Waals surface area (Å²) >= 11 is 0. The van der Waals surface area contributed by atoms with Gasteiger partial charge in [0.1, 0.15) is 36.6 Å². The summed E-state index contributed by atoms with van der Waals surface area (Å²) in [4.78, 5) is 34.7. The zero-order chi connectivity index (χ0) is 28.3. The Labute approximate surface area is 215 Å². The molecule has 1 aliphatic carbocycles. The van der Waals surface area contributed by atoms with Crippen LogP contribution in [0.2, 0.25) is 0 Å². The maximum atomic E-state index is 12.0. The number of carbonyl (C=O) groups is 3. The highest BCUT2D eigenvalue weighted by atomic mass is 16.7. The number of aliphatic carboxylic acids is 1. The van der Waals surface area contributed by atoms with Crippen LogP contribution in [0.5, 0.6) is 0 Å². The summed E-state index contributed by atoms with van der Waals surface area (Å²) in [6, 6.07) is 0. The van der Waals surface area contributed by atoms with Gasteiger partial charge in [0, 0.05) is 11.8 Å². The van der Waals surface area contributed by atoms with E-state index >= 15 is 0 Å². The molecule has 3 unspecified atom stereocenters. The molecule has 2 rings (SSSR count). The van der Waals surface area contributed by atoms with Crippen LogP contribution in [0.4, 0.5) is 0 Å². The van der Waals surface area contributed by atoms with E-state index < -0.39 is 84.8 Å². The Morgan fingerprint density at radius 3 is 2.41 bits per heavy atom. The minimum atomic E-state index is -1.85. The maximum Gasteiger partial charge on any atom is 0.308 e. The first-order chi connectivity index (χ1) is 16.9. The molecule has 0 radical (unpaired) electrons.